The predicted octanol–water partition coefficient (Wildman–Crippen LogP) is 7.13. The summed E-state index contributed by atoms with van der Waals surface area (Å²) in [7, 11) is 0. The average molecular weight is 632 g/mol. The molecule has 0 radical (unpaired) electrons. The van der Waals surface area contributed by atoms with Gasteiger partial charge in [-0.05, 0) is 73.1 Å². The molecule has 3 heterocycles. The van der Waals surface area contributed by atoms with Gasteiger partial charge in [0.05, 0.1) is 0 Å². The molecule has 2 atom stereocenters. The first-order chi connectivity index (χ1) is 21.4. The number of nitrogens with zero attached hydrogens (tertiary/aromatic N) is 5. The Labute approximate surface area is 273 Å². The third kappa shape index (κ3) is 7.40. The summed E-state index contributed by atoms with van der Waals surface area (Å²) in [6.07, 6.45) is 7.21. The highest BCUT2D eigenvalue weighted by Gasteiger charge is 2.34. The van der Waals surface area contributed by atoms with E-state index in [0.717, 1.165) is 75.3 Å². The fraction of sp³-hybridized carbons (Fsp3) is 0.514. The minimum atomic E-state index is 0.0151. The van der Waals surface area contributed by atoms with Crippen molar-refractivity contribution in [3.8, 4) is 0 Å². The molecule has 2 aliphatic heterocycles. The monoisotopic (exact) mass is 631 g/mol. The molecule has 3 fully saturated rings. The molecule has 9 heteroatoms. The quantitative estimate of drug-likeness (QED) is 0.267. The minimum Gasteiger partial charge on any atom is -0.368 e. The number of piperazine rings is 1. The predicted molar refractivity (Wildman–Crippen MR) is 188 cm³/mol. The van der Waals surface area contributed by atoms with E-state index >= 15 is 0 Å². The Morgan fingerprint density at radius 2 is 1.50 bits per heavy atom. The molecule has 0 bridgehead atoms. The molecule has 7 nitrogen and oxygen atoms in total. The van der Waals surface area contributed by atoms with Crippen molar-refractivity contribution >= 4 is 52.2 Å². The van der Waals surface area contributed by atoms with Gasteiger partial charge in [0.1, 0.15) is 11.6 Å². The van der Waals surface area contributed by atoms with Crippen LogP contribution in [-0.2, 0) is 5.41 Å². The van der Waals surface area contributed by atoms with E-state index in [4.69, 9.17) is 33.8 Å². The number of benzene rings is 2. The van der Waals surface area contributed by atoms with Crippen LogP contribution in [0.1, 0.15) is 57.9 Å². The summed E-state index contributed by atoms with van der Waals surface area (Å²) in [4.78, 5) is 17.3. The van der Waals surface area contributed by atoms with Crippen LogP contribution in [0.3, 0.4) is 0 Å². The van der Waals surface area contributed by atoms with Crippen LogP contribution in [0, 0.1) is 11.8 Å². The molecular weight excluding hydrogens is 586 g/mol. The lowest BCUT2D eigenvalue weighted by atomic mass is 9.69. The maximum Gasteiger partial charge on any atom is 0.232 e. The van der Waals surface area contributed by atoms with Crippen LogP contribution in [0.4, 0.5) is 23.3 Å². The van der Waals surface area contributed by atoms with E-state index in [1.807, 2.05) is 6.07 Å². The molecule has 0 amide bonds. The number of aromatic nitrogens is 2. The molecule has 44 heavy (non-hydrogen) atoms. The maximum absolute atomic E-state index is 6.43. The van der Waals surface area contributed by atoms with Gasteiger partial charge in [0.15, 0.2) is 5.11 Å². The highest BCUT2D eigenvalue weighted by molar-refractivity contribution is 7.80. The normalized spacial score (nSPS) is 22.0. The zero-order chi connectivity index (χ0) is 30.5. The number of halogens is 1. The Morgan fingerprint density at radius 1 is 0.841 bits per heavy atom. The lowest BCUT2D eigenvalue weighted by Gasteiger charge is -2.39. The van der Waals surface area contributed by atoms with Gasteiger partial charge in [0.2, 0.25) is 5.95 Å². The zero-order valence-electron chi connectivity index (χ0n) is 26.1. The average Bonchev–Trinajstić information content (AvgIpc) is 3.04. The van der Waals surface area contributed by atoms with Gasteiger partial charge >= 0.3 is 0 Å². The number of para-hydroxylation sites is 1. The Hall–Kier alpha value is -3.10. The van der Waals surface area contributed by atoms with Crippen molar-refractivity contribution in [3.05, 3.63) is 71.2 Å². The number of hydrogen-bond acceptors (Lipinski definition) is 6. The van der Waals surface area contributed by atoms with E-state index in [1.165, 1.54) is 36.9 Å². The number of thiocarbonyl (C=S) groups is 1. The lowest BCUT2D eigenvalue weighted by molar-refractivity contribution is 0.292. The third-order valence-electron chi connectivity index (χ3n) is 9.68. The third-order valence-corrected chi connectivity index (χ3v) is 10.2. The number of hydrogen-bond donors (Lipinski definition) is 2. The van der Waals surface area contributed by atoms with Gasteiger partial charge < -0.3 is 25.3 Å². The van der Waals surface area contributed by atoms with Gasteiger partial charge in [-0.15, -0.1) is 0 Å². The first-order valence-corrected chi connectivity index (χ1v) is 17.2. The molecule has 2 N–H and O–H groups in total. The highest BCUT2D eigenvalue weighted by Crippen LogP contribution is 2.40. The molecule has 1 aliphatic carbocycles. The van der Waals surface area contributed by atoms with Crippen molar-refractivity contribution in [2.75, 3.05) is 65.8 Å². The largest absolute Gasteiger partial charge is 0.368 e. The van der Waals surface area contributed by atoms with E-state index in [9.17, 15) is 0 Å². The summed E-state index contributed by atoms with van der Waals surface area (Å²) >= 11 is 12.3. The Balaban J connectivity index is 1.19. The van der Waals surface area contributed by atoms with Crippen molar-refractivity contribution in [2.24, 2.45) is 11.8 Å². The number of nitrogens with one attached hydrogen (secondary N) is 2. The molecule has 3 aliphatic rings. The van der Waals surface area contributed by atoms with Gasteiger partial charge in [-0.1, -0.05) is 75.0 Å². The standard InChI is InChI=1S/C35H46ClN7S/c1-26-20-27(2)24-43(23-26)32-22-31(42-18-16-41(17-19-42)30-12-5-3-6-13-30)38-33(39-32)40-34(44)37-25-35(14-7-4-8-15-35)28-10-9-11-29(36)21-28/h3,5-6,9-13,21-22,26-27H,4,7-8,14-20,23-25H2,1-2H3,(H2,37,38,39,40,44). The first-order valence-electron chi connectivity index (χ1n) is 16.4. The van der Waals surface area contributed by atoms with Crippen LogP contribution >= 0.6 is 23.8 Å². The number of piperidine rings is 1. The van der Waals surface area contributed by atoms with Gasteiger partial charge in [-0.2, -0.15) is 9.97 Å². The second kappa shape index (κ2) is 13.9. The molecule has 2 aromatic carbocycles. The van der Waals surface area contributed by atoms with E-state index < -0.39 is 0 Å². The summed E-state index contributed by atoms with van der Waals surface area (Å²) in [5.41, 5.74) is 2.59. The summed E-state index contributed by atoms with van der Waals surface area (Å²) in [5.74, 6) is 3.76. The van der Waals surface area contributed by atoms with Crippen LogP contribution in [0.5, 0.6) is 0 Å². The molecule has 234 valence electrons. The van der Waals surface area contributed by atoms with Crippen LogP contribution < -0.4 is 25.3 Å². The van der Waals surface area contributed by atoms with E-state index in [-0.39, 0.29) is 5.41 Å². The maximum atomic E-state index is 6.43. The Kier molecular flexibility index (Phi) is 9.77. The van der Waals surface area contributed by atoms with Crippen molar-refractivity contribution in [1.82, 2.24) is 15.3 Å². The Morgan fingerprint density at radius 3 is 2.18 bits per heavy atom. The second-order valence-corrected chi connectivity index (χ2v) is 14.1. The SMILES string of the molecule is CC1CC(C)CN(c2cc(N3CCN(c4ccccc4)CC3)nc(NC(=S)NCC3(c4cccc(Cl)c4)CCCCC3)n2)C1. The molecular formula is C35H46ClN7S. The van der Waals surface area contributed by atoms with Crippen LogP contribution in [0.2, 0.25) is 5.02 Å². The Bertz CT molecular complexity index is 1400. The van der Waals surface area contributed by atoms with E-state index in [0.29, 0.717) is 22.9 Å². The van der Waals surface area contributed by atoms with Crippen molar-refractivity contribution in [3.63, 3.8) is 0 Å². The summed E-state index contributed by atoms with van der Waals surface area (Å²) in [6, 6.07) is 21.2. The van der Waals surface area contributed by atoms with Gasteiger partial charge in [0, 0.05) is 68.0 Å². The molecule has 2 saturated heterocycles. The topological polar surface area (TPSA) is 59.6 Å². The van der Waals surface area contributed by atoms with Gasteiger partial charge in [-0.3, -0.25) is 0 Å². The second-order valence-electron chi connectivity index (χ2n) is 13.2. The minimum absolute atomic E-state index is 0.0151. The van der Waals surface area contributed by atoms with Crippen molar-refractivity contribution in [2.45, 2.75) is 57.8 Å². The van der Waals surface area contributed by atoms with Gasteiger partial charge in [-0.25, -0.2) is 0 Å². The summed E-state index contributed by atoms with van der Waals surface area (Å²) in [5, 5.41) is 8.30. The zero-order valence-corrected chi connectivity index (χ0v) is 27.7. The fourth-order valence-corrected chi connectivity index (χ4v) is 7.85. The van der Waals surface area contributed by atoms with E-state index in [2.05, 4.69) is 93.8 Å². The molecule has 0 spiro atoms. The number of anilines is 4. The van der Waals surface area contributed by atoms with E-state index in [1.54, 1.807) is 0 Å². The summed E-state index contributed by atoms with van der Waals surface area (Å²) < 4.78 is 0. The molecule has 2 unspecified atom stereocenters. The lowest BCUT2D eigenvalue weighted by Crippen LogP contribution is -2.47. The fourth-order valence-electron chi connectivity index (χ4n) is 7.49. The van der Waals surface area contributed by atoms with Crippen LogP contribution in [0.15, 0.2) is 60.7 Å². The molecule has 6 rings (SSSR count). The van der Waals surface area contributed by atoms with Crippen molar-refractivity contribution < 1.29 is 0 Å². The highest BCUT2D eigenvalue weighted by atomic mass is 35.5. The molecule has 3 aromatic rings. The number of rotatable bonds is 7. The van der Waals surface area contributed by atoms with Crippen molar-refractivity contribution in [1.29, 1.82) is 0 Å². The molecule has 1 saturated carbocycles. The van der Waals surface area contributed by atoms with Crippen LogP contribution in [-0.4, -0.2) is 60.9 Å². The smallest absolute Gasteiger partial charge is 0.232 e. The summed E-state index contributed by atoms with van der Waals surface area (Å²) in [6.45, 7) is 11.2. The molecule has 1 aromatic heterocycles. The first kappa shape index (κ1) is 30.9. The van der Waals surface area contributed by atoms with Gasteiger partial charge in [0.25, 0.3) is 0 Å². The van der Waals surface area contributed by atoms with Crippen LogP contribution in [0.25, 0.3) is 0 Å².